The van der Waals surface area contributed by atoms with E-state index in [-0.39, 0.29) is 24.2 Å². The van der Waals surface area contributed by atoms with Gasteiger partial charge in [0.05, 0.1) is 5.92 Å². The van der Waals surface area contributed by atoms with Gasteiger partial charge in [-0.2, -0.15) is 0 Å². The van der Waals surface area contributed by atoms with Crippen LogP contribution in [0.2, 0.25) is 0 Å². The topological polar surface area (TPSA) is 66.4 Å². The molecule has 1 aliphatic rings. The number of halogens is 1. The molecule has 114 valence electrons. The van der Waals surface area contributed by atoms with E-state index in [1.165, 1.54) is 17.8 Å². The Morgan fingerprint density at radius 2 is 2.10 bits per heavy atom. The molecule has 4 nitrogen and oxygen atoms in total. The Morgan fingerprint density at radius 3 is 2.81 bits per heavy atom. The monoisotopic (exact) mass is 311 g/mol. The zero-order valence-corrected chi connectivity index (χ0v) is 12.4. The molecular weight excluding hydrogens is 293 g/mol. The SMILES string of the molecule is O=C(CCSc1ccccc1F)N[C@H]1CCC[C@H]1C(=O)O. The lowest BCUT2D eigenvalue weighted by molar-refractivity contribution is -0.142. The van der Waals surface area contributed by atoms with Crippen molar-refractivity contribution in [2.24, 2.45) is 5.92 Å². The fraction of sp³-hybridized carbons (Fsp3) is 0.467. The van der Waals surface area contributed by atoms with Crippen molar-refractivity contribution in [2.75, 3.05) is 5.75 Å². The molecule has 0 aromatic heterocycles. The summed E-state index contributed by atoms with van der Waals surface area (Å²) in [6.45, 7) is 0. The van der Waals surface area contributed by atoms with Crippen molar-refractivity contribution in [3.05, 3.63) is 30.1 Å². The number of aliphatic carboxylic acids is 1. The van der Waals surface area contributed by atoms with Crippen molar-refractivity contribution in [3.8, 4) is 0 Å². The smallest absolute Gasteiger partial charge is 0.308 e. The molecule has 2 rings (SSSR count). The lowest BCUT2D eigenvalue weighted by Gasteiger charge is -2.17. The largest absolute Gasteiger partial charge is 0.481 e. The van der Waals surface area contributed by atoms with Crippen molar-refractivity contribution in [1.82, 2.24) is 5.32 Å². The Balaban J connectivity index is 1.75. The summed E-state index contributed by atoms with van der Waals surface area (Å²) in [6, 6.07) is 6.17. The first-order chi connectivity index (χ1) is 10.1. The number of carboxylic acid groups (broad SMARTS) is 1. The second-order valence-electron chi connectivity index (χ2n) is 5.08. The van der Waals surface area contributed by atoms with Gasteiger partial charge in [-0.05, 0) is 25.0 Å². The molecule has 0 radical (unpaired) electrons. The van der Waals surface area contributed by atoms with Crippen molar-refractivity contribution in [2.45, 2.75) is 36.6 Å². The van der Waals surface area contributed by atoms with Gasteiger partial charge in [0, 0.05) is 23.1 Å². The van der Waals surface area contributed by atoms with Gasteiger partial charge in [0.15, 0.2) is 0 Å². The Hall–Kier alpha value is -1.56. The first kappa shape index (κ1) is 15.8. The van der Waals surface area contributed by atoms with Gasteiger partial charge in [-0.25, -0.2) is 4.39 Å². The Morgan fingerprint density at radius 1 is 1.33 bits per heavy atom. The van der Waals surface area contributed by atoms with Crippen molar-refractivity contribution in [1.29, 1.82) is 0 Å². The zero-order valence-electron chi connectivity index (χ0n) is 11.5. The van der Waals surface area contributed by atoms with Crippen LogP contribution in [0, 0.1) is 11.7 Å². The van der Waals surface area contributed by atoms with Crippen molar-refractivity contribution in [3.63, 3.8) is 0 Å². The van der Waals surface area contributed by atoms with Crippen LogP contribution in [0.15, 0.2) is 29.2 Å². The highest BCUT2D eigenvalue weighted by Gasteiger charge is 2.33. The van der Waals surface area contributed by atoms with Crippen LogP contribution in [0.25, 0.3) is 0 Å². The number of benzene rings is 1. The molecule has 2 N–H and O–H groups in total. The van der Waals surface area contributed by atoms with E-state index in [0.717, 1.165) is 6.42 Å². The molecule has 1 amide bonds. The predicted molar refractivity (Wildman–Crippen MR) is 78.6 cm³/mol. The fourth-order valence-corrected chi connectivity index (χ4v) is 3.41. The summed E-state index contributed by atoms with van der Waals surface area (Å²) in [7, 11) is 0. The second-order valence-corrected chi connectivity index (χ2v) is 6.22. The van der Waals surface area contributed by atoms with Crippen molar-refractivity contribution >= 4 is 23.6 Å². The minimum absolute atomic E-state index is 0.169. The molecule has 0 saturated heterocycles. The van der Waals surface area contributed by atoms with Crippen LogP contribution in [0.4, 0.5) is 4.39 Å². The van der Waals surface area contributed by atoms with Crippen LogP contribution < -0.4 is 5.32 Å². The third-order valence-corrected chi connectivity index (χ3v) is 4.65. The zero-order chi connectivity index (χ0) is 15.2. The first-order valence-corrected chi connectivity index (χ1v) is 7.96. The summed E-state index contributed by atoms with van der Waals surface area (Å²) < 4.78 is 13.4. The van der Waals surface area contributed by atoms with E-state index >= 15 is 0 Å². The van der Waals surface area contributed by atoms with Gasteiger partial charge in [-0.3, -0.25) is 9.59 Å². The first-order valence-electron chi connectivity index (χ1n) is 6.97. The van der Waals surface area contributed by atoms with Gasteiger partial charge < -0.3 is 10.4 Å². The molecule has 0 aliphatic heterocycles. The van der Waals surface area contributed by atoms with Gasteiger partial charge in [0.1, 0.15) is 5.82 Å². The van der Waals surface area contributed by atoms with E-state index in [4.69, 9.17) is 5.11 Å². The Kier molecular flexibility index (Phi) is 5.61. The van der Waals surface area contributed by atoms with Crippen LogP contribution >= 0.6 is 11.8 Å². The maximum Gasteiger partial charge on any atom is 0.308 e. The quantitative estimate of drug-likeness (QED) is 0.793. The van der Waals surface area contributed by atoms with Gasteiger partial charge >= 0.3 is 5.97 Å². The van der Waals surface area contributed by atoms with Gasteiger partial charge in [-0.15, -0.1) is 11.8 Å². The fourth-order valence-electron chi connectivity index (χ4n) is 2.52. The van der Waals surface area contributed by atoms with E-state index in [9.17, 15) is 14.0 Å². The highest BCUT2D eigenvalue weighted by Crippen LogP contribution is 2.26. The number of rotatable bonds is 6. The van der Waals surface area contributed by atoms with E-state index in [1.54, 1.807) is 18.2 Å². The Bertz CT molecular complexity index is 523. The third kappa shape index (κ3) is 4.46. The van der Waals surface area contributed by atoms with E-state index in [1.807, 2.05) is 0 Å². The van der Waals surface area contributed by atoms with Gasteiger partial charge in [0.25, 0.3) is 0 Å². The predicted octanol–water partition coefficient (Wildman–Crippen LogP) is 2.68. The highest BCUT2D eigenvalue weighted by atomic mass is 32.2. The summed E-state index contributed by atoms with van der Waals surface area (Å²) in [5.74, 6) is -1.31. The number of carbonyl (C=O) groups excluding carboxylic acids is 1. The van der Waals surface area contributed by atoms with Crippen LogP contribution in [-0.2, 0) is 9.59 Å². The molecule has 2 atom stereocenters. The molecule has 0 bridgehead atoms. The molecule has 1 saturated carbocycles. The molecule has 1 aliphatic carbocycles. The Labute approximate surface area is 127 Å². The van der Waals surface area contributed by atoms with Crippen LogP contribution in [0.5, 0.6) is 0 Å². The highest BCUT2D eigenvalue weighted by molar-refractivity contribution is 7.99. The number of carbonyl (C=O) groups is 2. The number of hydrogen-bond donors (Lipinski definition) is 2. The summed E-state index contributed by atoms with van der Waals surface area (Å²) in [6.07, 6.45) is 2.40. The lowest BCUT2D eigenvalue weighted by atomic mass is 10.0. The van der Waals surface area contributed by atoms with Gasteiger partial charge in [-0.1, -0.05) is 18.6 Å². The standard InChI is InChI=1S/C15H18FNO3S/c16-11-5-1-2-7-13(11)21-9-8-14(18)17-12-6-3-4-10(12)15(19)20/h1-2,5,7,10,12H,3-4,6,8-9H2,(H,17,18)(H,19,20)/t10-,12+/m1/s1. The van der Waals surface area contributed by atoms with Crippen LogP contribution in [0.3, 0.4) is 0 Å². The number of nitrogens with one attached hydrogen (secondary N) is 1. The molecule has 1 aromatic rings. The summed E-state index contributed by atoms with van der Waals surface area (Å²) in [5.41, 5.74) is 0. The number of carboxylic acids is 1. The normalized spacial score (nSPS) is 21.2. The van der Waals surface area contributed by atoms with E-state index < -0.39 is 11.9 Å². The van der Waals surface area contributed by atoms with Crippen molar-refractivity contribution < 1.29 is 19.1 Å². The van der Waals surface area contributed by atoms with Crippen LogP contribution in [-0.4, -0.2) is 28.8 Å². The molecular formula is C15H18FNO3S. The molecule has 0 unspecified atom stereocenters. The number of amides is 1. The van der Waals surface area contributed by atoms with Crippen LogP contribution in [0.1, 0.15) is 25.7 Å². The summed E-state index contributed by atoms with van der Waals surface area (Å²) in [5, 5.41) is 11.8. The average Bonchev–Trinajstić information content (AvgIpc) is 2.89. The maximum absolute atomic E-state index is 13.4. The average molecular weight is 311 g/mol. The molecule has 6 heteroatoms. The maximum atomic E-state index is 13.4. The third-order valence-electron chi connectivity index (χ3n) is 3.60. The molecule has 0 heterocycles. The minimum atomic E-state index is -0.849. The molecule has 21 heavy (non-hydrogen) atoms. The number of hydrogen-bond acceptors (Lipinski definition) is 3. The molecule has 0 spiro atoms. The summed E-state index contributed by atoms with van der Waals surface area (Å²) >= 11 is 1.29. The van der Waals surface area contributed by atoms with E-state index in [0.29, 0.717) is 23.5 Å². The van der Waals surface area contributed by atoms with E-state index in [2.05, 4.69) is 5.32 Å². The summed E-state index contributed by atoms with van der Waals surface area (Å²) in [4.78, 5) is 23.4. The van der Waals surface area contributed by atoms with Gasteiger partial charge in [0.2, 0.25) is 5.91 Å². The number of thioether (sulfide) groups is 1. The lowest BCUT2D eigenvalue weighted by Crippen LogP contribution is -2.40. The minimum Gasteiger partial charge on any atom is -0.481 e. The second kappa shape index (κ2) is 7.45. The molecule has 1 fully saturated rings. The molecule has 1 aromatic carbocycles.